The fraction of sp³-hybridized carbons (Fsp3) is 0.500. The monoisotopic (exact) mass is 304 g/mol. The number of aliphatic hydroxyl groups excluding tert-OH is 1. The molecular weight excluding hydrogens is 291 g/mol. The molecule has 0 spiro atoms. The van der Waals surface area contributed by atoms with E-state index in [2.05, 4.69) is 15.9 Å². The smallest absolute Gasteiger partial charge is 0.166 e. The van der Waals surface area contributed by atoms with Crippen LogP contribution in [0.1, 0.15) is 13.3 Å². The maximum atomic E-state index is 13.5. The van der Waals surface area contributed by atoms with Crippen LogP contribution >= 0.6 is 15.9 Å². The zero-order valence-electron chi connectivity index (χ0n) is 9.40. The third-order valence-corrected chi connectivity index (χ3v) is 3.24. The van der Waals surface area contributed by atoms with Crippen molar-refractivity contribution in [1.29, 1.82) is 0 Å². The van der Waals surface area contributed by atoms with Crippen LogP contribution < -0.4 is 4.74 Å². The first-order valence-corrected chi connectivity index (χ1v) is 6.32. The predicted octanol–water partition coefficient (Wildman–Crippen LogP) is 2.51. The number of benzene rings is 1. The molecule has 1 aromatic rings. The van der Waals surface area contributed by atoms with Crippen LogP contribution in [-0.4, -0.2) is 30.0 Å². The molecule has 0 aromatic heterocycles. The number of aliphatic hydroxyl groups is 1. The predicted molar refractivity (Wildman–Crippen MR) is 64.6 cm³/mol. The normalized spacial score (nSPS) is 27.6. The average molecular weight is 305 g/mol. The molecular formula is C12H14BrFO3. The number of hydrogen-bond donors (Lipinski definition) is 1. The summed E-state index contributed by atoms with van der Waals surface area (Å²) in [6.45, 7) is 2.35. The summed E-state index contributed by atoms with van der Waals surface area (Å²) in [5.41, 5.74) is 0. The van der Waals surface area contributed by atoms with Gasteiger partial charge in [-0.3, -0.25) is 0 Å². The SMILES string of the molecule is CCOC1C(O)CC1Oc1ccc(Br)cc1F. The molecule has 5 heteroatoms. The van der Waals surface area contributed by atoms with Crippen LogP contribution in [0.5, 0.6) is 5.75 Å². The van der Waals surface area contributed by atoms with Gasteiger partial charge in [0.25, 0.3) is 0 Å². The molecule has 1 aromatic carbocycles. The van der Waals surface area contributed by atoms with Crippen molar-refractivity contribution in [3.63, 3.8) is 0 Å². The molecule has 1 fully saturated rings. The van der Waals surface area contributed by atoms with Gasteiger partial charge in [-0.1, -0.05) is 15.9 Å². The Morgan fingerprint density at radius 1 is 1.53 bits per heavy atom. The third kappa shape index (κ3) is 2.78. The lowest BCUT2D eigenvalue weighted by molar-refractivity contribution is -0.161. The molecule has 0 bridgehead atoms. The second kappa shape index (κ2) is 5.33. The van der Waals surface area contributed by atoms with Crippen LogP contribution in [0.25, 0.3) is 0 Å². The Bertz CT molecular complexity index is 399. The lowest BCUT2D eigenvalue weighted by Gasteiger charge is -2.40. The van der Waals surface area contributed by atoms with Crippen molar-refractivity contribution in [3.8, 4) is 5.75 Å². The summed E-state index contributed by atoms with van der Waals surface area (Å²) >= 11 is 3.18. The zero-order chi connectivity index (χ0) is 12.4. The van der Waals surface area contributed by atoms with Crippen LogP contribution in [-0.2, 0) is 4.74 Å². The van der Waals surface area contributed by atoms with Crippen molar-refractivity contribution in [1.82, 2.24) is 0 Å². The van der Waals surface area contributed by atoms with E-state index in [0.717, 1.165) is 0 Å². The fourth-order valence-corrected chi connectivity index (χ4v) is 2.15. The topological polar surface area (TPSA) is 38.7 Å². The molecule has 3 unspecified atom stereocenters. The summed E-state index contributed by atoms with van der Waals surface area (Å²) < 4.78 is 25.0. The molecule has 0 amide bonds. The molecule has 17 heavy (non-hydrogen) atoms. The van der Waals surface area contributed by atoms with Crippen molar-refractivity contribution in [3.05, 3.63) is 28.5 Å². The third-order valence-electron chi connectivity index (χ3n) is 2.75. The molecule has 1 saturated carbocycles. The van der Waals surface area contributed by atoms with E-state index in [4.69, 9.17) is 9.47 Å². The van der Waals surface area contributed by atoms with Crippen LogP contribution in [0.4, 0.5) is 4.39 Å². The molecule has 3 nitrogen and oxygen atoms in total. The van der Waals surface area contributed by atoms with E-state index in [-0.39, 0.29) is 18.0 Å². The van der Waals surface area contributed by atoms with Gasteiger partial charge >= 0.3 is 0 Å². The van der Waals surface area contributed by atoms with Gasteiger partial charge in [-0.2, -0.15) is 0 Å². The highest BCUT2D eigenvalue weighted by Crippen LogP contribution is 2.31. The Hall–Kier alpha value is -0.650. The van der Waals surface area contributed by atoms with Gasteiger partial charge in [-0.25, -0.2) is 4.39 Å². The Morgan fingerprint density at radius 2 is 2.29 bits per heavy atom. The lowest BCUT2D eigenvalue weighted by atomic mass is 9.88. The fourth-order valence-electron chi connectivity index (χ4n) is 1.82. The van der Waals surface area contributed by atoms with E-state index < -0.39 is 11.9 Å². The summed E-state index contributed by atoms with van der Waals surface area (Å²) in [6.07, 6.45) is -0.678. The van der Waals surface area contributed by atoms with Crippen LogP contribution in [0.2, 0.25) is 0 Å². The van der Waals surface area contributed by atoms with Gasteiger partial charge < -0.3 is 14.6 Å². The van der Waals surface area contributed by atoms with E-state index in [1.54, 1.807) is 12.1 Å². The summed E-state index contributed by atoms with van der Waals surface area (Å²) in [7, 11) is 0. The van der Waals surface area contributed by atoms with Crippen molar-refractivity contribution in [2.75, 3.05) is 6.61 Å². The highest BCUT2D eigenvalue weighted by atomic mass is 79.9. The van der Waals surface area contributed by atoms with Gasteiger partial charge in [0.15, 0.2) is 11.6 Å². The van der Waals surface area contributed by atoms with Crippen LogP contribution in [0, 0.1) is 5.82 Å². The van der Waals surface area contributed by atoms with E-state index >= 15 is 0 Å². The van der Waals surface area contributed by atoms with Crippen LogP contribution in [0.15, 0.2) is 22.7 Å². The molecule has 0 aliphatic heterocycles. The quantitative estimate of drug-likeness (QED) is 0.929. The van der Waals surface area contributed by atoms with E-state index in [0.29, 0.717) is 17.5 Å². The number of ether oxygens (including phenoxy) is 2. The summed E-state index contributed by atoms with van der Waals surface area (Å²) in [5.74, 6) is -0.231. The highest BCUT2D eigenvalue weighted by Gasteiger charge is 2.42. The van der Waals surface area contributed by atoms with Gasteiger partial charge in [-0.15, -0.1) is 0 Å². The Kier molecular flexibility index (Phi) is 4.01. The number of halogens is 2. The first-order valence-electron chi connectivity index (χ1n) is 5.53. The van der Waals surface area contributed by atoms with Crippen molar-refractivity contribution >= 4 is 15.9 Å². The standard InChI is InChI=1S/C12H14BrFO3/c1-2-16-12-9(15)6-11(12)17-10-4-3-7(13)5-8(10)14/h3-5,9,11-12,15H,2,6H2,1H3. The number of hydrogen-bond acceptors (Lipinski definition) is 3. The first-order chi connectivity index (χ1) is 8.11. The second-order valence-corrected chi connectivity index (χ2v) is 4.87. The minimum Gasteiger partial charge on any atom is -0.484 e. The molecule has 0 saturated heterocycles. The van der Waals surface area contributed by atoms with E-state index in [1.807, 2.05) is 6.92 Å². The highest BCUT2D eigenvalue weighted by molar-refractivity contribution is 9.10. The van der Waals surface area contributed by atoms with Gasteiger partial charge in [0.2, 0.25) is 0 Å². The van der Waals surface area contributed by atoms with Gasteiger partial charge in [0.05, 0.1) is 6.10 Å². The summed E-state index contributed by atoms with van der Waals surface area (Å²) in [4.78, 5) is 0. The Balaban J connectivity index is 2.01. The second-order valence-electron chi connectivity index (χ2n) is 3.95. The van der Waals surface area contributed by atoms with Crippen molar-refractivity contribution in [2.24, 2.45) is 0 Å². The average Bonchev–Trinajstić information content (AvgIpc) is 2.28. The Morgan fingerprint density at radius 3 is 2.88 bits per heavy atom. The summed E-state index contributed by atoms with van der Waals surface area (Å²) in [5, 5.41) is 9.49. The molecule has 0 heterocycles. The molecule has 0 radical (unpaired) electrons. The molecule has 1 N–H and O–H groups in total. The molecule has 1 aliphatic rings. The van der Waals surface area contributed by atoms with Gasteiger partial charge in [-0.05, 0) is 25.1 Å². The largest absolute Gasteiger partial charge is 0.484 e. The minimum atomic E-state index is -0.515. The summed E-state index contributed by atoms with van der Waals surface area (Å²) in [6, 6.07) is 4.62. The van der Waals surface area contributed by atoms with Crippen LogP contribution in [0.3, 0.4) is 0 Å². The molecule has 1 aliphatic carbocycles. The maximum Gasteiger partial charge on any atom is 0.166 e. The van der Waals surface area contributed by atoms with E-state index in [9.17, 15) is 9.50 Å². The molecule has 94 valence electrons. The van der Waals surface area contributed by atoms with Crippen molar-refractivity contribution in [2.45, 2.75) is 31.7 Å². The first kappa shape index (κ1) is 12.8. The number of rotatable bonds is 4. The van der Waals surface area contributed by atoms with Gasteiger partial charge in [0.1, 0.15) is 12.2 Å². The zero-order valence-corrected chi connectivity index (χ0v) is 11.0. The molecule has 3 atom stereocenters. The van der Waals surface area contributed by atoms with Gasteiger partial charge in [0, 0.05) is 17.5 Å². The van der Waals surface area contributed by atoms with E-state index in [1.165, 1.54) is 6.07 Å². The lowest BCUT2D eigenvalue weighted by Crippen LogP contribution is -2.55. The maximum absolute atomic E-state index is 13.5. The molecule has 2 rings (SSSR count). The Labute approximate surface area is 108 Å². The van der Waals surface area contributed by atoms with Crippen molar-refractivity contribution < 1.29 is 19.0 Å². The minimum absolute atomic E-state index is 0.190.